The topological polar surface area (TPSA) is 201 Å². The zero-order valence-electron chi connectivity index (χ0n) is 79.7. The van der Waals surface area contributed by atoms with Crippen molar-refractivity contribution < 1.29 is 34.8 Å². The highest BCUT2D eigenvalue weighted by Gasteiger charge is 2.29. The van der Waals surface area contributed by atoms with Crippen molar-refractivity contribution >= 4 is 123 Å². The van der Waals surface area contributed by atoms with Gasteiger partial charge in [-0.15, -0.1) is 47.0 Å². The van der Waals surface area contributed by atoms with E-state index in [0.29, 0.717) is 55.9 Å². The highest BCUT2D eigenvalue weighted by atomic mass is 32.2. The van der Waals surface area contributed by atoms with Crippen LogP contribution < -0.4 is 50.9 Å². The third-order valence-corrected chi connectivity index (χ3v) is 30.9. The molecule has 12 aromatic rings. The maximum Gasteiger partial charge on any atom is 0.211 e. The molecule has 4 N–H and O–H groups in total. The summed E-state index contributed by atoms with van der Waals surface area (Å²) >= 11 is 7.55. The third-order valence-electron chi connectivity index (χ3n) is 24.7. The Kier molecular flexibility index (Phi) is 37.0. The zero-order valence-corrected chi connectivity index (χ0v) is 84.6. The van der Waals surface area contributed by atoms with Crippen LogP contribution in [0.2, 0.25) is 0 Å². The lowest BCUT2D eigenvalue weighted by atomic mass is 9.93. The molecule has 12 aromatic carbocycles. The first-order valence-electron chi connectivity index (χ1n) is 48.0. The highest BCUT2D eigenvalue weighted by molar-refractivity contribution is 8.00. The molecule has 138 heavy (non-hydrogen) atoms. The van der Waals surface area contributed by atoms with Crippen LogP contribution in [0.3, 0.4) is 0 Å². The number of fused-ring (bicyclic) bond motifs is 4. The molecule has 0 bridgehead atoms. The standard InChI is InChI=1S/C59H64N4O4S3.C57H60N4O4S3/c1-43-19-13-20-44(2)58(43)62(37-15-33-60-35-17-39-68-49-23-7-5-8-24-49)47-29-31-51-54(41-47)67-55-42-48(30-32-52(55)57(51)53-27-11-12-28-56(53)70(64,65)66)63(59-45(3)21-14-22-46(59)4)38-16-34-61-36-18-40-69-50-25-9-6-10-26-50;1-43-19-9-12-26-52(43)60(37-15-33-58-35-17-39-66-47-21-5-3-6-22-47)45-29-31-49-54(41-45)65-55-42-46(30-32-50(55)57(49)51-25-11-14-28-56(51)68(62,63)64)61(53-27-13-10-20-44(53)2)38-16-34-59-36-18-40-67-48-23-7-4-8-24-48/h5-14,19-32,41-42,60-61H,15-18,33-40H2,1-4H3;3-14,19-32,41-42,58-59H,15-18,33-40H2,1-2H3. The van der Waals surface area contributed by atoms with Crippen molar-refractivity contribution in [3.05, 3.63) is 372 Å². The van der Waals surface area contributed by atoms with E-state index in [-0.39, 0.29) is 9.79 Å². The van der Waals surface area contributed by atoms with Gasteiger partial charge in [-0.05, 0) is 262 Å². The van der Waals surface area contributed by atoms with Gasteiger partial charge in [0.05, 0.1) is 21.9 Å². The van der Waals surface area contributed by atoms with Gasteiger partial charge in [-0.3, -0.25) is 0 Å². The third kappa shape index (κ3) is 27.2. The van der Waals surface area contributed by atoms with Crippen LogP contribution in [0.5, 0.6) is 0 Å². The SMILES string of the molecule is Cc1cccc(C)c1N(CCCNCCCSc1ccccc1)c1ccc2c(-c3ccccc3S(=O)(=O)[O-])c3ccc(=[N+](CCCNCCCSc4ccccc4)c4c(C)cccc4C)cc-3oc2c1.Cc1ccccc1N(CCCNCCCSc1ccccc1)c1ccc2c(-c3ccccc3S(=O)(=O)[O-])c3ccc(=[N+](CCCNCCCSc4ccccc4)c4ccccc4C)cc-3oc2c1. The van der Waals surface area contributed by atoms with Crippen LogP contribution in [0.4, 0.5) is 34.1 Å². The van der Waals surface area contributed by atoms with Crippen LogP contribution in [-0.2, 0) is 20.2 Å². The molecular formula is C116H124N8O8S6. The lowest BCUT2D eigenvalue weighted by molar-refractivity contribution is 0.461. The zero-order chi connectivity index (χ0) is 96.0. The first-order chi connectivity index (χ1) is 67.3. The maximum atomic E-state index is 12.9. The largest absolute Gasteiger partial charge is 0.744 e. The Hall–Kier alpha value is -11.3. The van der Waals surface area contributed by atoms with E-state index in [2.05, 4.69) is 337 Å². The van der Waals surface area contributed by atoms with Crippen LogP contribution in [0.15, 0.2) is 366 Å². The van der Waals surface area contributed by atoms with Gasteiger partial charge in [0, 0.05) is 173 Å². The number of rotatable bonds is 46. The van der Waals surface area contributed by atoms with Gasteiger partial charge in [-0.1, -0.05) is 182 Å². The van der Waals surface area contributed by atoms with Crippen molar-refractivity contribution in [2.24, 2.45) is 0 Å². The average Bonchev–Trinajstić information content (AvgIpc) is 0.739. The molecular weight excluding hydrogens is 1830 g/mol. The van der Waals surface area contributed by atoms with E-state index >= 15 is 0 Å². The molecule has 4 aliphatic rings. The molecule has 0 radical (unpaired) electrons. The van der Waals surface area contributed by atoms with E-state index in [9.17, 15) is 25.9 Å². The van der Waals surface area contributed by atoms with Crippen LogP contribution >= 0.6 is 47.0 Å². The van der Waals surface area contributed by atoms with Crippen molar-refractivity contribution in [3.63, 3.8) is 0 Å². The van der Waals surface area contributed by atoms with E-state index in [1.807, 2.05) is 71.3 Å². The molecule has 0 spiro atoms. The fourth-order valence-electron chi connectivity index (χ4n) is 18.0. The molecule has 16 nitrogen and oxygen atoms in total. The first-order valence-corrected chi connectivity index (χ1v) is 54.7. The second kappa shape index (κ2) is 50.5. The molecule has 0 fully saturated rings. The minimum Gasteiger partial charge on any atom is -0.744 e. The van der Waals surface area contributed by atoms with Gasteiger partial charge in [0.2, 0.25) is 22.1 Å². The summed E-state index contributed by atoms with van der Waals surface area (Å²) in [5.41, 5.74) is 18.0. The van der Waals surface area contributed by atoms with Gasteiger partial charge in [0.15, 0.2) is 13.1 Å². The number of benzene rings is 14. The molecule has 2 aliphatic carbocycles. The normalized spacial score (nSPS) is 12.2. The number of nitrogens with one attached hydrogen (secondary N) is 4. The Balaban J connectivity index is 0.000000209. The molecule has 0 amide bonds. The number of hydrogen-bond donors (Lipinski definition) is 4. The second-order valence-electron chi connectivity index (χ2n) is 34.7. The highest BCUT2D eigenvalue weighted by Crippen LogP contribution is 2.47. The van der Waals surface area contributed by atoms with E-state index < -0.39 is 20.2 Å². The van der Waals surface area contributed by atoms with E-state index in [0.717, 1.165) is 220 Å². The van der Waals surface area contributed by atoms with Gasteiger partial charge in [0.1, 0.15) is 42.9 Å². The van der Waals surface area contributed by atoms with Gasteiger partial charge in [-0.2, -0.15) is 9.15 Å². The van der Waals surface area contributed by atoms with Crippen LogP contribution in [0.25, 0.3) is 66.8 Å². The van der Waals surface area contributed by atoms with E-state index in [1.165, 1.54) is 54.0 Å². The minimum absolute atomic E-state index is 0.261. The van der Waals surface area contributed by atoms with E-state index in [4.69, 9.17) is 8.83 Å². The van der Waals surface area contributed by atoms with Crippen LogP contribution in [0, 0.1) is 41.5 Å². The number of hydrogen-bond acceptors (Lipinski definition) is 18. The van der Waals surface area contributed by atoms with Crippen LogP contribution in [0.1, 0.15) is 84.7 Å². The van der Waals surface area contributed by atoms with E-state index in [1.54, 1.807) is 36.4 Å². The molecule has 2 heterocycles. The second-order valence-corrected chi connectivity index (χ2v) is 42.1. The molecule has 0 saturated carbocycles. The smallest absolute Gasteiger partial charge is 0.211 e. The maximum absolute atomic E-state index is 12.9. The number of para-hydroxylation sites is 4. The van der Waals surface area contributed by atoms with Crippen molar-refractivity contribution in [1.82, 2.24) is 30.4 Å². The van der Waals surface area contributed by atoms with Gasteiger partial charge < -0.3 is 49.0 Å². The van der Waals surface area contributed by atoms with Crippen molar-refractivity contribution in [1.29, 1.82) is 0 Å². The summed E-state index contributed by atoms with van der Waals surface area (Å²) in [5, 5.41) is 18.0. The Morgan fingerprint density at radius 1 is 0.312 bits per heavy atom. The Bertz CT molecular complexity index is 7010. The minimum atomic E-state index is -4.83. The lowest BCUT2D eigenvalue weighted by Gasteiger charge is -2.29. The predicted octanol–water partition coefficient (Wildman–Crippen LogP) is 25.2. The molecule has 712 valence electrons. The Labute approximate surface area is 832 Å². The molecule has 0 unspecified atom stereocenters. The number of nitrogens with zero attached hydrogens (tertiary/aromatic N) is 4. The molecule has 0 atom stereocenters. The van der Waals surface area contributed by atoms with Gasteiger partial charge in [-0.25, -0.2) is 16.8 Å². The Morgan fingerprint density at radius 2 is 0.659 bits per heavy atom. The molecule has 0 aromatic heterocycles. The molecule has 0 saturated heterocycles. The number of thioether (sulfide) groups is 4. The number of anilines is 4. The summed E-state index contributed by atoms with van der Waals surface area (Å²) < 4.78 is 96.1. The quantitative estimate of drug-likeness (QED) is 0.00922. The summed E-state index contributed by atoms with van der Waals surface area (Å²) in [4.78, 5) is 9.39. The summed E-state index contributed by atoms with van der Waals surface area (Å²) in [5.74, 6) is 5.43. The summed E-state index contributed by atoms with van der Waals surface area (Å²) in [6.45, 7) is 23.2. The van der Waals surface area contributed by atoms with Crippen molar-refractivity contribution in [3.8, 4) is 44.9 Å². The molecule has 2 aliphatic heterocycles. The fourth-order valence-corrected chi connectivity index (χ4v) is 22.9. The molecule has 16 rings (SSSR count). The van der Waals surface area contributed by atoms with Gasteiger partial charge >= 0.3 is 0 Å². The summed E-state index contributed by atoms with van der Waals surface area (Å²) in [7, 11) is -9.65. The monoisotopic (exact) mass is 1950 g/mol. The summed E-state index contributed by atoms with van der Waals surface area (Å²) in [6, 6.07) is 109. The average molecular weight is 1950 g/mol. The Morgan fingerprint density at radius 3 is 1.09 bits per heavy atom. The first kappa shape index (κ1) is 101. The van der Waals surface area contributed by atoms with Gasteiger partial charge in [0.25, 0.3) is 0 Å². The fraction of sp³-hybridized carbons (Fsp3) is 0.259. The lowest BCUT2D eigenvalue weighted by Crippen LogP contribution is -2.30. The van der Waals surface area contributed by atoms with Crippen molar-refractivity contribution in [2.75, 3.05) is 111 Å². The predicted molar refractivity (Wildman–Crippen MR) is 577 cm³/mol. The number of aryl methyl sites for hydroxylation is 6. The van der Waals surface area contributed by atoms with Crippen molar-refractivity contribution in [2.45, 2.75) is 122 Å². The molecule has 22 heteroatoms. The summed E-state index contributed by atoms with van der Waals surface area (Å²) in [6.07, 6.45) is 7.96. The van der Waals surface area contributed by atoms with Crippen LogP contribution in [-0.4, -0.2) is 127 Å².